The molecule has 3 fully saturated rings. The second-order valence-electron chi connectivity index (χ2n) is 7.66. The molecule has 2 saturated heterocycles. The van der Waals surface area contributed by atoms with E-state index in [0.717, 1.165) is 63.3 Å². The van der Waals surface area contributed by atoms with E-state index in [4.69, 9.17) is 4.42 Å². The van der Waals surface area contributed by atoms with Crippen molar-refractivity contribution in [2.24, 2.45) is 0 Å². The molecule has 2 aliphatic heterocycles. The lowest BCUT2D eigenvalue weighted by Crippen LogP contribution is -2.62. The molecule has 0 unspecified atom stereocenters. The van der Waals surface area contributed by atoms with Crippen LogP contribution in [0, 0.1) is 5.82 Å². The Morgan fingerprint density at radius 1 is 1.00 bits per heavy atom. The van der Waals surface area contributed by atoms with Gasteiger partial charge in [-0.05, 0) is 37.1 Å². The predicted octanol–water partition coefficient (Wildman–Crippen LogP) is 2.09. The third-order valence-electron chi connectivity index (χ3n) is 5.73. The van der Waals surface area contributed by atoms with E-state index in [-0.39, 0.29) is 5.82 Å². The Morgan fingerprint density at radius 2 is 1.73 bits per heavy atom. The summed E-state index contributed by atoms with van der Waals surface area (Å²) in [6.07, 6.45) is 2.38. The molecule has 0 N–H and O–H groups in total. The molecule has 1 saturated carbocycles. The van der Waals surface area contributed by atoms with Gasteiger partial charge in [0.1, 0.15) is 5.82 Å². The first-order valence-electron chi connectivity index (χ1n) is 9.54. The SMILES string of the molecule is Fc1ccc(N2CCN(C3CN(Cc4nnc(C5CC5)o4)C3)CC2)cc1. The van der Waals surface area contributed by atoms with Crippen LogP contribution in [0.15, 0.2) is 28.7 Å². The van der Waals surface area contributed by atoms with Crippen molar-refractivity contribution in [3.05, 3.63) is 41.9 Å². The number of anilines is 1. The largest absolute Gasteiger partial charge is 0.424 e. The van der Waals surface area contributed by atoms with Crippen molar-refractivity contribution in [2.75, 3.05) is 44.2 Å². The summed E-state index contributed by atoms with van der Waals surface area (Å²) in [5.41, 5.74) is 1.11. The van der Waals surface area contributed by atoms with Crippen molar-refractivity contribution in [3.63, 3.8) is 0 Å². The quantitative estimate of drug-likeness (QED) is 0.817. The molecule has 0 spiro atoms. The van der Waals surface area contributed by atoms with Gasteiger partial charge in [-0.3, -0.25) is 9.80 Å². The number of halogens is 1. The van der Waals surface area contributed by atoms with Gasteiger partial charge in [0.25, 0.3) is 0 Å². The van der Waals surface area contributed by atoms with Crippen LogP contribution in [0.4, 0.5) is 10.1 Å². The highest BCUT2D eigenvalue weighted by Crippen LogP contribution is 2.39. The van der Waals surface area contributed by atoms with E-state index in [2.05, 4.69) is 24.9 Å². The fraction of sp³-hybridized carbons (Fsp3) is 0.579. The second kappa shape index (κ2) is 6.63. The molecule has 1 aromatic heterocycles. The van der Waals surface area contributed by atoms with Crippen molar-refractivity contribution in [1.82, 2.24) is 20.0 Å². The number of benzene rings is 1. The monoisotopic (exact) mass is 357 g/mol. The number of aromatic nitrogens is 2. The van der Waals surface area contributed by atoms with Crippen LogP contribution in [-0.4, -0.2) is 65.3 Å². The minimum absolute atomic E-state index is 0.174. The van der Waals surface area contributed by atoms with Crippen molar-refractivity contribution in [3.8, 4) is 0 Å². The first kappa shape index (κ1) is 16.2. The van der Waals surface area contributed by atoms with Crippen LogP contribution in [0.1, 0.15) is 30.5 Å². The lowest BCUT2D eigenvalue weighted by atomic mass is 10.1. The Bertz CT molecular complexity index is 746. The fourth-order valence-electron chi connectivity index (χ4n) is 3.92. The second-order valence-corrected chi connectivity index (χ2v) is 7.66. The first-order chi connectivity index (χ1) is 12.7. The van der Waals surface area contributed by atoms with Gasteiger partial charge in [-0.15, -0.1) is 10.2 Å². The molecule has 6 nitrogen and oxygen atoms in total. The van der Waals surface area contributed by atoms with E-state index in [1.165, 1.54) is 25.0 Å². The summed E-state index contributed by atoms with van der Waals surface area (Å²) in [5.74, 6) is 1.94. The summed E-state index contributed by atoms with van der Waals surface area (Å²) in [6, 6.07) is 7.44. The Labute approximate surface area is 152 Å². The maximum Gasteiger partial charge on any atom is 0.230 e. The number of rotatable bonds is 5. The molecule has 5 rings (SSSR count). The zero-order valence-corrected chi connectivity index (χ0v) is 14.9. The standard InChI is InChI=1S/C19H24FN5O/c20-15-3-5-16(6-4-15)24-7-9-25(10-8-24)17-11-23(12-17)13-18-21-22-19(26-18)14-1-2-14/h3-6,14,17H,1-2,7-13H2. The maximum absolute atomic E-state index is 13.1. The summed E-state index contributed by atoms with van der Waals surface area (Å²) in [5, 5.41) is 8.34. The maximum atomic E-state index is 13.1. The molecular formula is C19H24FN5O. The topological polar surface area (TPSA) is 48.6 Å². The van der Waals surface area contributed by atoms with Gasteiger partial charge < -0.3 is 9.32 Å². The van der Waals surface area contributed by atoms with Gasteiger partial charge in [0.05, 0.1) is 6.54 Å². The molecule has 0 atom stereocenters. The van der Waals surface area contributed by atoms with Gasteiger partial charge in [0.15, 0.2) is 0 Å². The smallest absolute Gasteiger partial charge is 0.230 e. The molecule has 1 aliphatic carbocycles. The van der Waals surface area contributed by atoms with Gasteiger partial charge >= 0.3 is 0 Å². The highest BCUT2D eigenvalue weighted by Gasteiger charge is 2.35. The zero-order valence-electron chi connectivity index (χ0n) is 14.9. The fourth-order valence-corrected chi connectivity index (χ4v) is 3.92. The van der Waals surface area contributed by atoms with Gasteiger partial charge in [0.2, 0.25) is 11.8 Å². The van der Waals surface area contributed by atoms with Crippen molar-refractivity contribution in [1.29, 1.82) is 0 Å². The molecule has 0 amide bonds. The third kappa shape index (κ3) is 3.33. The molecule has 138 valence electrons. The summed E-state index contributed by atoms with van der Waals surface area (Å²) < 4.78 is 18.8. The normalized spacial score (nSPS) is 22.6. The third-order valence-corrected chi connectivity index (χ3v) is 5.73. The van der Waals surface area contributed by atoms with E-state index in [0.29, 0.717) is 12.0 Å². The van der Waals surface area contributed by atoms with E-state index in [9.17, 15) is 4.39 Å². The van der Waals surface area contributed by atoms with Crippen LogP contribution >= 0.6 is 0 Å². The van der Waals surface area contributed by atoms with Crippen LogP contribution in [0.25, 0.3) is 0 Å². The van der Waals surface area contributed by atoms with Gasteiger partial charge in [-0.2, -0.15) is 0 Å². The number of hydrogen-bond acceptors (Lipinski definition) is 6. The van der Waals surface area contributed by atoms with E-state index in [1.807, 2.05) is 12.1 Å². The van der Waals surface area contributed by atoms with Crippen LogP contribution in [0.2, 0.25) is 0 Å². The lowest BCUT2D eigenvalue weighted by molar-refractivity contribution is 0.0205. The average Bonchev–Trinajstić information content (AvgIpc) is 3.38. The van der Waals surface area contributed by atoms with Crippen LogP contribution in [0.3, 0.4) is 0 Å². The molecule has 26 heavy (non-hydrogen) atoms. The van der Waals surface area contributed by atoms with Gasteiger partial charge in [0, 0.05) is 56.9 Å². The molecule has 0 bridgehead atoms. The highest BCUT2D eigenvalue weighted by molar-refractivity contribution is 5.46. The Hall–Kier alpha value is -1.99. The minimum Gasteiger partial charge on any atom is -0.424 e. The van der Waals surface area contributed by atoms with E-state index in [1.54, 1.807) is 0 Å². The number of piperazine rings is 1. The first-order valence-corrected chi connectivity index (χ1v) is 9.54. The highest BCUT2D eigenvalue weighted by atomic mass is 19.1. The lowest BCUT2D eigenvalue weighted by Gasteiger charge is -2.48. The molecule has 0 radical (unpaired) electrons. The summed E-state index contributed by atoms with van der Waals surface area (Å²) >= 11 is 0. The van der Waals surface area contributed by atoms with Crippen molar-refractivity contribution < 1.29 is 8.81 Å². The molecule has 2 aromatic rings. The molecular weight excluding hydrogens is 333 g/mol. The van der Waals surface area contributed by atoms with Gasteiger partial charge in [-0.25, -0.2) is 4.39 Å². The Kier molecular flexibility index (Phi) is 4.13. The number of likely N-dealkylation sites (tertiary alicyclic amines) is 1. The summed E-state index contributed by atoms with van der Waals surface area (Å²) in [4.78, 5) is 7.28. The molecule has 3 aliphatic rings. The van der Waals surface area contributed by atoms with Crippen LogP contribution in [0.5, 0.6) is 0 Å². The van der Waals surface area contributed by atoms with Crippen molar-refractivity contribution >= 4 is 5.69 Å². The predicted molar refractivity (Wildman–Crippen MR) is 95.5 cm³/mol. The van der Waals surface area contributed by atoms with Gasteiger partial charge in [-0.1, -0.05) is 0 Å². The van der Waals surface area contributed by atoms with Crippen LogP contribution < -0.4 is 4.90 Å². The minimum atomic E-state index is -0.174. The Balaban J connectivity index is 1.08. The number of hydrogen-bond donors (Lipinski definition) is 0. The Morgan fingerprint density at radius 3 is 2.42 bits per heavy atom. The zero-order chi connectivity index (χ0) is 17.5. The molecule has 3 heterocycles. The molecule has 1 aromatic carbocycles. The van der Waals surface area contributed by atoms with Crippen LogP contribution in [-0.2, 0) is 6.54 Å². The van der Waals surface area contributed by atoms with Crippen molar-refractivity contribution in [2.45, 2.75) is 31.3 Å². The number of nitrogens with zero attached hydrogens (tertiary/aromatic N) is 5. The summed E-state index contributed by atoms with van der Waals surface area (Å²) in [6.45, 7) is 7.01. The molecule has 7 heteroatoms. The van der Waals surface area contributed by atoms with E-state index < -0.39 is 0 Å². The van der Waals surface area contributed by atoms with E-state index >= 15 is 0 Å². The average molecular weight is 357 g/mol. The summed E-state index contributed by atoms with van der Waals surface area (Å²) in [7, 11) is 0.